The summed E-state index contributed by atoms with van der Waals surface area (Å²) < 4.78 is 0. The first kappa shape index (κ1) is 32.4. The highest BCUT2D eigenvalue weighted by Gasteiger charge is 2.26. The zero-order valence-corrected chi connectivity index (χ0v) is 31.2. The lowest BCUT2D eigenvalue weighted by Gasteiger charge is -2.29. The van der Waals surface area contributed by atoms with Gasteiger partial charge >= 0.3 is 0 Å². The second kappa shape index (κ2) is 10.7. The molecule has 0 saturated heterocycles. The zero-order chi connectivity index (χ0) is 34.6. The molecule has 8 aromatic rings. The largest absolute Gasteiger partial charge is 0.0610 e. The van der Waals surface area contributed by atoms with Crippen LogP contribution >= 0.6 is 0 Å². The maximum atomic E-state index is 2.46. The van der Waals surface area contributed by atoms with Crippen LogP contribution in [0.1, 0.15) is 105 Å². The molecule has 0 N–H and O–H groups in total. The van der Waals surface area contributed by atoms with Crippen LogP contribution < -0.4 is 0 Å². The van der Waals surface area contributed by atoms with E-state index in [-0.39, 0.29) is 21.7 Å². The Hall–Kier alpha value is -4.16. The van der Waals surface area contributed by atoms with Gasteiger partial charge in [-0.3, -0.25) is 0 Å². The van der Waals surface area contributed by atoms with Gasteiger partial charge in [-0.1, -0.05) is 180 Å². The van der Waals surface area contributed by atoms with Crippen molar-refractivity contribution >= 4 is 64.6 Å². The molecular weight excluding hydrogens is 577 g/mol. The van der Waals surface area contributed by atoms with E-state index in [9.17, 15) is 0 Å². The Morgan fingerprint density at radius 1 is 0.271 bits per heavy atom. The lowest BCUT2D eigenvalue weighted by atomic mass is 9.75. The van der Waals surface area contributed by atoms with Crippen LogP contribution in [0.2, 0.25) is 0 Å². The highest BCUT2D eigenvalue weighted by molar-refractivity contribution is 6.25. The molecular formula is C48H52. The summed E-state index contributed by atoms with van der Waals surface area (Å²) in [7, 11) is 0. The van der Waals surface area contributed by atoms with Gasteiger partial charge in [-0.05, 0) is 109 Å². The van der Waals surface area contributed by atoms with Crippen LogP contribution in [0.4, 0.5) is 0 Å². The third-order valence-corrected chi connectivity index (χ3v) is 10.5. The van der Waals surface area contributed by atoms with E-state index < -0.39 is 0 Å². The van der Waals surface area contributed by atoms with Gasteiger partial charge in [0.1, 0.15) is 0 Å². The van der Waals surface area contributed by atoms with Crippen molar-refractivity contribution in [1.29, 1.82) is 0 Å². The molecule has 0 unspecified atom stereocenters. The van der Waals surface area contributed by atoms with Crippen LogP contribution in [0.25, 0.3) is 64.6 Å². The first-order chi connectivity index (χ1) is 22.4. The molecule has 0 radical (unpaired) electrons. The summed E-state index contributed by atoms with van der Waals surface area (Å²) in [6.07, 6.45) is 0. The van der Waals surface area contributed by atoms with Gasteiger partial charge in [0.05, 0.1) is 0 Å². The highest BCUT2D eigenvalue weighted by Crippen LogP contribution is 2.45. The fraction of sp³-hybridized carbons (Fsp3) is 0.333. The molecule has 48 heavy (non-hydrogen) atoms. The lowest BCUT2D eigenvalue weighted by Crippen LogP contribution is -2.17. The van der Waals surface area contributed by atoms with Gasteiger partial charge in [0.2, 0.25) is 0 Å². The van der Waals surface area contributed by atoms with Crippen molar-refractivity contribution in [3.05, 3.63) is 119 Å². The van der Waals surface area contributed by atoms with Crippen LogP contribution in [-0.2, 0) is 21.7 Å². The molecule has 0 saturated carbocycles. The van der Waals surface area contributed by atoms with Gasteiger partial charge in [-0.15, -0.1) is 0 Å². The van der Waals surface area contributed by atoms with Crippen molar-refractivity contribution in [3.8, 4) is 0 Å². The van der Waals surface area contributed by atoms with Gasteiger partial charge in [0, 0.05) is 0 Å². The normalized spacial score (nSPS) is 13.4. The van der Waals surface area contributed by atoms with Crippen LogP contribution in [0.5, 0.6) is 0 Å². The van der Waals surface area contributed by atoms with Crippen LogP contribution in [0, 0.1) is 0 Å². The van der Waals surface area contributed by atoms with E-state index in [1.165, 1.54) is 86.9 Å². The quantitative estimate of drug-likeness (QED) is 0.147. The Morgan fingerprint density at radius 3 is 0.896 bits per heavy atom. The smallest absolute Gasteiger partial charge is 0.00208 e. The highest BCUT2D eigenvalue weighted by atomic mass is 14.3. The molecule has 0 fully saturated rings. The third kappa shape index (κ3) is 5.20. The van der Waals surface area contributed by atoms with Crippen molar-refractivity contribution in [3.63, 3.8) is 0 Å². The van der Waals surface area contributed by atoms with E-state index in [0.29, 0.717) is 0 Å². The maximum absolute atomic E-state index is 2.46. The summed E-state index contributed by atoms with van der Waals surface area (Å²) in [5.74, 6) is 0. The summed E-state index contributed by atoms with van der Waals surface area (Å²) >= 11 is 0. The summed E-state index contributed by atoms with van der Waals surface area (Å²) in [5, 5.41) is 16.8. The molecule has 8 aromatic carbocycles. The fourth-order valence-electron chi connectivity index (χ4n) is 8.18. The van der Waals surface area contributed by atoms with Gasteiger partial charge < -0.3 is 0 Å². The molecule has 0 aliphatic rings. The molecule has 0 heteroatoms. The average Bonchev–Trinajstić information content (AvgIpc) is 3.00. The molecule has 0 aromatic heterocycles. The van der Waals surface area contributed by atoms with E-state index in [1.54, 1.807) is 0 Å². The minimum absolute atomic E-state index is 0.127. The molecule has 0 bridgehead atoms. The summed E-state index contributed by atoms with van der Waals surface area (Å²) in [4.78, 5) is 0. The number of rotatable bonds is 0. The van der Waals surface area contributed by atoms with Crippen molar-refractivity contribution in [1.82, 2.24) is 0 Å². The Kier molecular flexibility index (Phi) is 7.20. The Labute approximate surface area is 287 Å². The second-order valence-corrected chi connectivity index (χ2v) is 18.3. The van der Waals surface area contributed by atoms with Crippen molar-refractivity contribution in [2.24, 2.45) is 0 Å². The predicted octanol–water partition coefficient (Wildman–Crippen LogP) is 14.4. The van der Waals surface area contributed by atoms with E-state index in [0.717, 1.165) is 0 Å². The van der Waals surface area contributed by atoms with Gasteiger partial charge in [-0.25, -0.2) is 0 Å². The Bertz CT molecular complexity index is 2290. The second-order valence-electron chi connectivity index (χ2n) is 18.3. The summed E-state index contributed by atoms with van der Waals surface area (Å²) in [5.41, 5.74) is 6.34. The first-order valence-corrected chi connectivity index (χ1v) is 17.8. The summed E-state index contributed by atoms with van der Waals surface area (Å²) in [6, 6.07) is 36.8. The first-order valence-electron chi connectivity index (χ1n) is 17.8. The average molecular weight is 629 g/mol. The summed E-state index contributed by atoms with van der Waals surface area (Å²) in [6.45, 7) is 27.8. The van der Waals surface area contributed by atoms with Gasteiger partial charge in [0.25, 0.3) is 0 Å². The minimum atomic E-state index is 0.127. The molecule has 0 nitrogen and oxygen atoms in total. The van der Waals surface area contributed by atoms with E-state index in [4.69, 9.17) is 0 Å². The maximum Gasteiger partial charge on any atom is -0.00208 e. The SMILES string of the molecule is CC(C)(C)c1cc(C(C)(C)C)c2ccc3cccc4ccc1c2c43.CC(C)(C)c1ccc2ccc3c(C(C)(C)C)ccc4ccc1c2c43. The molecule has 0 heterocycles. The predicted molar refractivity (Wildman–Crippen MR) is 215 cm³/mol. The molecule has 0 spiro atoms. The number of hydrogen-bond acceptors (Lipinski definition) is 0. The van der Waals surface area contributed by atoms with Gasteiger partial charge in [0.15, 0.2) is 0 Å². The zero-order valence-electron chi connectivity index (χ0n) is 31.2. The number of benzene rings is 8. The van der Waals surface area contributed by atoms with Crippen molar-refractivity contribution < 1.29 is 0 Å². The van der Waals surface area contributed by atoms with E-state index in [1.807, 2.05) is 0 Å². The lowest BCUT2D eigenvalue weighted by molar-refractivity contribution is 0.576. The van der Waals surface area contributed by atoms with Crippen molar-refractivity contribution in [2.45, 2.75) is 105 Å². The van der Waals surface area contributed by atoms with Crippen molar-refractivity contribution in [2.75, 3.05) is 0 Å². The van der Waals surface area contributed by atoms with Crippen LogP contribution in [0.15, 0.2) is 97.1 Å². The minimum Gasteiger partial charge on any atom is -0.0610 e. The fourth-order valence-corrected chi connectivity index (χ4v) is 8.18. The van der Waals surface area contributed by atoms with Gasteiger partial charge in [-0.2, -0.15) is 0 Å². The standard InChI is InChI=1S/2C24H26/c1-23(2,3)19-13-9-15-8-12-18-20(24(4,5)6)14-10-16-7-11-17(19)21(15)22(16)18;1-23(2,3)19-14-20(24(4,5)6)18-13-11-16-9-7-8-15-10-12-17(19)22(18)21(15)16/h2*7-14H,1-6H3. The monoisotopic (exact) mass is 628 g/mol. The third-order valence-electron chi connectivity index (χ3n) is 10.5. The molecule has 0 amide bonds. The molecule has 0 aliphatic heterocycles. The molecule has 0 aliphatic carbocycles. The van der Waals surface area contributed by atoms with E-state index >= 15 is 0 Å². The van der Waals surface area contributed by atoms with Crippen LogP contribution in [0.3, 0.4) is 0 Å². The molecule has 8 rings (SSSR count). The number of hydrogen-bond donors (Lipinski definition) is 0. The topological polar surface area (TPSA) is 0 Å². The van der Waals surface area contributed by atoms with E-state index in [2.05, 4.69) is 180 Å². The Balaban J connectivity index is 0.000000152. The Morgan fingerprint density at radius 2 is 0.562 bits per heavy atom. The molecule has 0 atom stereocenters. The molecule has 244 valence electrons. The van der Waals surface area contributed by atoms with Crippen LogP contribution in [-0.4, -0.2) is 0 Å².